The van der Waals surface area contributed by atoms with E-state index in [1.165, 1.54) is 6.39 Å². The number of nitrogens with zero attached hydrogens (tertiary/aromatic N) is 2. The SMILES string of the molecule is Cc1cc(C#CCN)cc(C(=O)NCc2ncon2)c1. The summed E-state index contributed by atoms with van der Waals surface area (Å²) in [7, 11) is 0. The number of hydrogen-bond donors (Lipinski definition) is 2. The molecule has 0 atom stereocenters. The number of benzene rings is 1. The molecule has 0 saturated heterocycles. The molecule has 2 aromatic rings. The van der Waals surface area contributed by atoms with Crippen LogP contribution in [0.3, 0.4) is 0 Å². The first-order valence-corrected chi connectivity index (χ1v) is 6.03. The molecule has 1 aromatic carbocycles. The van der Waals surface area contributed by atoms with E-state index in [1.807, 2.05) is 13.0 Å². The minimum atomic E-state index is -0.214. The van der Waals surface area contributed by atoms with Crippen molar-refractivity contribution in [3.05, 3.63) is 47.1 Å². The Morgan fingerprint density at radius 1 is 1.45 bits per heavy atom. The number of carbonyl (C=O) groups excluding carboxylic acids is 1. The largest absolute Gasteiger partial charge is 0.345 e. The van der Waals surface area contributed by atoms with Crippen LogP contribution in [0.15, 0.2) is 29.1 Å². The van der Waals surface area contributed by atoms with Crippen molar-refractivity contribution >= 4 is 5.91 Å². The van der Waals surface area contributed by atoms with Crippen LogP contribution in [0.25, 0.3) is 0 Å². The van der Waals surface area contributed by atoms with Gasteiger partial charge in [0.2, 0.25) is 6.39 Å². The van der Waals surface area contributed by atoms with Gasteiger partial charge in [-0.05, 0) is 30.7 Å². The quantitative estimate of drug-likeness (QED) is 0.797. The lowest BCUT2D eigenvalue weighted by molar-refractivity contribution is 0.0949. The lowest BCUT2D eigenvalue weighted by Gasteiger charge is -2.05. The zero-order valence-corrected chi connectivity index (χ0v) is 11.0. The third-order valence-corrected chi connectivity index (χ3v) is 2.49. The van der Waals surface area contributed by atoms with Gasteiger partial charge in [-0.1, -0.05) is 17.0 Å². The monoisotopic (exact) mass is 270 g/mol. The fourth-order valence-corrected chi connectivity index (χ4v) is 1.67. The van der Waals surface area contributed by atoms with Crippen LogP contribution in [-0.4, -0.2) is 22.6 Å². The Kier molecular flexibility index (Phi) is 4.47. The Balaban J connectivity index is 2.10. The fraction of sp³-hybridized carbons (Fsp3) is 0.214. The highest BCUT2D eigenvalue weighted by molar-refractivity contribution is 5.94. The first-order chi connectivity index (χ1) is 9.69. The van der Waals surface area contributed by atoms with Gasteiger partial charge in [0, 0.05) is 11.1 Å². The zero-order valence-electron chi connectivity index (χ0n) is 11.0. The molecule has 1 aromatic heterocycles. The first-order valence-electron chi connectivity index (χ1n) is 6.03. The average Bonchev–Trinajstić information content (AvgIpc) is 2.95. The van der Waals surface area contributed by atoms with Crippen LogP contribution in [0, 0.1) is 18.8 Å². The highest BCUT2D eigenvalue weighted by Gasteiger charge is 2.08. The number of amides is 1. The maximum Gasteiger partial charge on any atom is 0.251 e. The molecule has 3 N–H and O–H groups in total. The van der Waals surface area contributed by atoms with E-state index in [-0.39, 0.29) is 19.0 Å². The molecule has 0 aliphatic carbocycles. The molecule has 6 heteroatoms. The molecular formula is C14H14N4O2. The third-order valence-electron chi connectivity index (χ3n) is 2.49. The lowest BCUT2D eigenvalue weighted by Crippen LogP contribution is -2.23. The highest BCUT2D eigenvalue weighted by Crippen LogP contribution is 2.09. The van der Waals surface area contributed by atoms with Crippen LogP contribution < -0.4 is 11.1 Å². The van der Waals surface area contributed by atoms with E-state index < -0.39 is 0 Å². The van der Waals surface area contributed by atoms with Gasteiger partial charge in [-0.3, -0.25) is 4.79 Å². The standard InChI is InChI=1S/C14H14N4O2/c1-10-5-11(3-2-4-15)7-12(6-10)14(19)16-8-13-17-9-20-18-13/h5-7,9H,4,8,15H2,1H3,(H,16,19). The predicted molar refractivity (Wildman–Crippen MR) is 72.6 cm³/mol. The minimum absolute atomic E-state index is 0.214. The molecule has 0 fully saturated rings. The Bertz CT molecular complexity index is 654. The van der Waals surface area contributed by atoms with Crippen LogP contribution in [0.4, 0.5) is 0 Å². The molecule has 1 amide bonds. The molecule has 0 spiro atoms. The highest BCUT2D eigenvalue weighted by atomic mass is 16.5. The smallest absolute Gasteiger partial charge is 0.251 e. The van der Waals surface area contributed by atoms with E-state index in [1.54, 1.807) is 12.1 Å². The van der Waals surface area contributed by atoms with Crippen LogP contribution in [0.5, 0.6) is 0 Å². The summed E-state index contributed by atoms with van der Waals surface area (Å²) in [6.45, 7) is 2.41. The molecule has 0 radical (unpaired) electrons. The van der Waals surface area contributed by atoms with E-state index in [9.17, 15) is 4.79 Å². The number of aromatic nitrogens is 2. The van der Waals surface area contributed by atoms with Gasteiger partial charge in [0.25, 0.3) is 5.91 Å². The molecule has 0 unspecified atom stereocenters. The van der Waals surface area contributed by atoms with Gasteiger partial charge in [0.15, 0.2) is 5.82 Å². The molecule has 2 rings (SSSR count). The van der Waals surface area contributed by atoms with Gasteiger partial charge in [-0.2, -0.15) is 4.98 Å². The molecule has 0 aliphatic rings. The lowest BCUT2D eigenvalue weighted by atomic mass is 10.1. The summed E-state index contributed by atoms with van der Waals surface area (Å²) >= 11 is 0. The Hall–Kier alpha value is -2.65. The Morgan fingerprint density at radius 2 is 2.30 bits per heavy atom. The van der Waals surface area contributed by atoms with Gasteiger partial charge in [0.05, 0.1) is 13.1 Å². The Labute approximate surface area is 116 Å². The molecule has 102 valence electrons. The fourth-order valence-electron chi connectivity index (χ4n) is 1.67. The minimum Gasteiger partial charge on any atom is -0.345 e. The summed E-state index contributed by atoms with van der Waals surface area (Å²) in [5.41, 5.74) is 7.60. The molecule has 6 nitrogen and oxygen atoms in total. The van der Waals surface area contributed by atoms with Crippen molar-refractivity contribution in [1.29, 1.82) is 0 Å². The van der Waals surface area contributed by atoms with Crippen molar-refractivity contribution in [3.63, 3.8) is 0 Å². The third kappa shape index (κ3) is 3.67. The van der Waals surface area contributed by atoms with Gasteiger partial charge in [0.1, 0.15) is 0 Å². The summed E-state index contributed by atoms with van der Waals surface area (Å²) in [5.74, 6) is 5.89. The van der Waals surface area contributed by atoms with E-state index in [2.05, 4.69) is 31.8 Å². The molecule has 1 heterocycles. The molecule has 0 bridgehead atoms. The van der Waals surface area contributed by atoms with Crippen molar-refractivity contribution in [2.24, 2.45) is 5.73 Å². The predicted octanol–water partition coefficient (Wildman–Crippen LogP) is 0.618. The maximum absolute atomic E-state index is 12.0. The number of carbonyl (C=O) groups is 1. The first kappa shape index (κ1) is 13.8. The molecular weight excluding hydrogens is 256 g/mol. The van der Waals surface area contributed by atoms with Crippen molar-refractivity contribution in [3.8, 4) is 11.8 Å². The zero-order chi connectivity index (χ0) is 14.4. The van der Waals surface area contributed by atoms with Gasteiger partial charge >= 0.3 is 0 Å². The molecule has 0 aliphatic heterocycles. The van der Waals surface area contributed by atoms with Crippen molar-refractivity contribution in [2.45, 2.75) is 13.5 Å². The van der Waals surface area contributed by atoms with Gasteiger partial charge in [-0.15, -0.1) is 0 Å². The summed E-state index contributed by atoms with van der Waals surface area (Å²) in [4.78, 5) is 15.9. The number of rotatable bonds is 3. The number of nitrogens with two attached hydrogens (primary N) is 1. The van der Waals surface area contributed by atoms with Gasteiger partial charge in [-0.25, -0.2) is 0 Å². The maximum atomic E-state index is 12.0. The van der Waals surface area contributed by atoms with Crippen LogP contribution >= 0.6 is 0 Å². The van der Waals surface area contributed by atoms with Crippen molar-refractivity contribution in [1.82, 2.24) is 15.5 Å². The Morgan fingerprint density at radius 3 is 3.00 bits per heavy atom. The van der Waals surface area contributed by atoms with Crippen molar-refractivity contribution in [2.75, 3.05) is 6.54 Å². The molecule has 0 saturated carbocycles. The summed E-state index contributed by atoms with van der Waals surface area (Å²) in [6.07, 6.45) is 1.22. The van der Waals surface area contributed by atoms with Crippen molar-refractivity contribution < 1.29 is 9.32 Å². The summed E-state index contributed by atoms with van der Waals surface area (Å²) in [6, 6.07) is 5.42. The van der Waals surface area contributed by atoms with Gasteiger partial charge < -0.3 is 15.6 Å². The molecule has 20 heavy (non-hydrogen) atoms. The summed E-state index contributed by atoms with van der Waals surface area (Å²) in [5, 5.41) is 6.34. The van der Waals surface area contributed by atoms with Crippen LogP contribution in [-0.2, 0) is 6.54 Å². The number of hydrogen-bond acceptors (Lipinski definition) is 5. The van der Waals surface area contributed by atoms with E-state index in [0.29, 0.717) is 11.4 Å². The van der Waals surface area contributed by atoms with Crippen LogP contribution in [0.2, 0.25) is 0 Å². The number of nitrogens with one attached hydrogen (secondary N) is 1. The normalized spacial score (nSPS) is 9.70. The van der Waals surface area contributed by atoms with E-state index in [4.69, 9.17) is 5.73 Å². The van der Waals surface area contributed by atoms with Crippen LogP contribution in [0.1, 0.15) is 27.3 Å². The number of aryl methyl sites for hydroxylation is 1. The summed E-state index contributed by atoms with van der Waals surface area (Å²) < 4.78 is 4.59. The topological polar surface area (TPSA) is 94.0 Å². The van der Waals surface area contributed by atoms with E-state index >= 15 is 0 Å². The van der Waals surface area contributed by atoms with E-state index in [0.717, 1.165) is 11.1 Å². The second kappa shape index (κ2) is 6.50. The second-order valence-corrected chi connectivity index (χ2v) is 4.12. The average molecular weight is 270 g/mol. The second-order valence-electron chi connectivity index (χ2n) is 4.12.